The van der Waals surface area contributed by atoms with Crippen LogP contribution < -0.4 is 19.5 Å². The molecule has 5 nitrogen and oxygen atoms in total. The molecule has 1 aliphatic carbocycles. The first-order chi connectivity index (χ1) is 9.25. The molecule has 1 atom stereocenters. The molecule has 1 N–H and O–H groups in total. The minimum Gasteiger partial charge on any atom is -0.496 e. The summed E-state index contributed by atoms with van der Waals surface area (Å²) in [5.74, 6) is 1.96. The van der Waals surface area contributed by atoms with E-state index in [1.165, 1.54) is 0 Å². The molecular weight excluding hydrogens is 244 g/mol. The first kappa shape index (κ1) is 13.5. The van der Waals surface area contributed by atoms with E-state index in [-0.39, 0.29) is 6.04 Å². The molecule has 1 unspecified atom stereocenters. The Bertz CT molecular complexity index is 444. The van der Waals surface area contributed by atoms with Crippen molar-refractivity contribution in [2.75, 3.05) is 20.8 Å². The molecule has 0 aromatic heterocycles. The van der Waals surface area contributed by atoms with Crippen LogP contribution in [-0.4, -0.2) is 32.9 Å². The molecule has 102 valence electrons. The molecule has 1 fully saturated rings. The summed E-state index contributed by atoms with van der Waals surface area (Å²) in [6, 6.07) is 7.71. The minimum absolute atomic E-state index is 0.287. The fourth-order valence-electron chi connectivity index (χ4n) is 1.70. The van der Waals surface area contributed by atoms with E-state index in [0.717, 1.165) is 12.8 Å². The van der Waals surface area contributed by atoms with Crippen LogP contribution in [0.2, 0.25) is 0 Å². The molecule has 0 amide bonds. The van der Waals surface area contributed by atoms with E-state index in [1.54, 1.807) is 32.4 Å². The monoisotopic (exact) mass is 262 g/mol. The zero-order valence-electron chi connectivity index (χ0n) is 11.2. The summed E-state index contributed by atoms with van der Waals surface area (Å²) in [6.07, 6.45) is 2.29. The standard InChI is InChI=1S/C14H18N2O3/c1-17-12-5-13(18-2)7-14(6-12)19-9-11(8-15)16-10-3-4-10/h5-7,10-11,16H,3-4,9H2,1-2H3. The van der Waals surface area contributed by atoms with E-state index in [0.29, 0.717) is 29.9 Å². The highest BCUT2D eigenvalue weighted by Gasteiger charge is 2.24. The van der Waals surface area contributed by atoms with Crippen molar-refractivity contribution in [3.8, 4) is 23.3 Å². The Kier molecular flexibility index (Phi) is 4.48. The Labute approximate surface area is 113 Å². The highest BCUT2D eigenvalue weighted by Crippen LogP contribution is 2.27. The van der Waals surface area contributed by atoms with Gasteiger partial charge in [0, 0.05) is 24.2 Å². The Morgan fingerprint density at radius 1 is 1.21 bits per heavy atom. The summed E-state index contributed by atoms with van der Waals surface area (Å²) in [7, 11) is 3.18. The highest BCUT2D eigenvalue weighted by molar-refractivity contribution is 5.42. The molecule has 1 saturated carbocycles. The second-order valence-electron chi connectivity index (χ2n) is 4.48. The van der Waals surface area contributed by atoms with Gasteiger partial charge in [-0.25, -0.2) is 0 Å². The van der Waals surface area contributed by atoms with E-state index in [2.05, 4.69) is 11.4 Å². The van der Waals surface area contributed by atoms with E-state index in [9.17, 15) is 0 Å². The van der Waals surface area contributed by atoms with Crippen molar-refractivity contribution in [3.05, 3.63) is 18.2 Å². The van der Waals surface area contributed by atoms with E-state index < -0.39 is 0 Å². The van der Waals surface area contributed by atoms with Crippen LogP contribution in [0, 0.1) is 11.3 Å². The lowest BCUT2D eigenvalue weighted by molar-refractivity contribution is 0.284. The lowest BCUT2D eigenvalue weighted by Crippen LogP contribution is -2.34. The minimum atomic E-state index is -0.287. The molecule has 1 aromatic carbocycles. The molecule has 5 heteroatoms. The largest absolute Gasteiger partial charge is 0.496 e. The maximum absolute atomic E-state index is 9.04. The molecule has 0 bridgehead atoms. The van der Waals surface area contributed by atoms with Crippen LogP contribution in [0.3, 0.4) is 0 Å². The maximum Gasteiger partial charge on any atom is 0.130 e. The SMILES string of the molecule is COc1cc(OC)cc(OCC(C#N)NC2CC2)c1. The third-order valence-corrected chi connectivity index (χ3v) is 2.91. The third-order valence-electron chi connectivity index (χ3n) is 2.91. The van der Waals surface area contributed by atoms with Crippen molar-refractivity contribution in [3.63, 3.8) is 0 Å². The van der Waals surface area contributed by atoms with Crippen LogP contribution >= 0.6 is 0 Å². The second kappa shape index (κ2) is 6.30. The molecule has 2 rings (SSSR count). The van der Waals surface area contributed by atoms with Gasteiger partial charge in [-0.3, -0.25) is 5.32 Å². The van der Waals surface area contributed by atoms with Crippen molar-refractivity contribution in [2.24, 2.45) is 0 Å². The van der Waals surface area contributed by atoms with Gasteiger partial charge in [0.1, 0.15) is 29.9 Å². The van der Waals surface area contributed by atoms with Gasteiger partial charge in [-0.05, 0) is 12.8 Å². The lowest BCUT2D eigenvalue weighted by Gasteiger charge is -2.14. The zero-order valence-corrected chi connectivity index (χ0v) is 11.2. The van der Waals surface area contributed by atoms with Crippen LogP contribution in [0.15, 0.2) is 18.2 Å². The fourth-order valence-corrected chi connectivity index (χ4v) is 1.70. The number of methoxy groups -OCH3 is 2. The summed E-state index contributed by atoms with van der Waals surface area (Å²) in [4.78, 5) is 0. The molecule has 0 heterocycles. The summed E-state index contributed by atoms with van der Waals surface area (Å²) >= 11 is 0. The van der Waals surface area contributed by atoms with Gasteiger partial charge < -0.3 is 14.2 Å². The first-order valence-electron chi connectivity index (χ1n) is 6.26. The average molecular weight is 262 g/mol. The molecule has 0 saturated heterocycles. The molecule has 19 heavy (non-hydrogen) atoms. The number of nitriles is 1. The quantitative estimate of drug-likeness (QED) is 0.810. The molecule has 0 aliphatic heterocycles. The fraction of sp³-hybridized carbons (Fsp3) is 0.500. The number of rotatable bonds is 7. The van der Waals surface area contributed by atoms with E-state index in [4.69, 9.17) is 19.5 Å². The van der Waals surface area contributed by atoms with Crippen molar-refractivity contribution in [1.82, 2.24) is 5.32 Å². The number of hydrogen-bond donors (Lipinski definition) is 1. The van der Waals surface area contributed by atoms with Gasteiger partial charge in [0.15, 0.2) is 0 Å². The summed E-state index contributed by atoms with van der Waals surface area (Å²) in [5, 5.41) is 12.3. The van der Waals surface area contributed by atoms with Crippen molar-refractivity contribution in [2.45, 2.75) is 24.9 Å². The lowest BCUT2D eigenvalue weighted by atomic mass is 10.3. The van der Waals surface area contributed by atoms with Gasteiger partial charge in [-0.1, -0.05) is 0 Å². The third kappa shape index (κ3) is 4.04. The van der Waals surface area contributed by atoms with Gasteiger partial charge in [0.2, 0.25) is 0 Å². The number of hydrogen-bond acceptors (Lipinski definition) is 5. The smallest absolute Gasteiger partial charge is 0.130 e. The van der Waals surface area contributed by atoms with Crippen LogP contribution in [0.1, 0.15) is 12.8 Å². The molecular formula is C14H18N2O3. The topological polar surface area (TPSA) is 63.5 Å². The number of ether oxygens (including phenoxy) is 3. The Morgan fingerprint density at radius 3 is 2.26 bits per heavy atom. The van der Waals surface area contributed by atoms with Crippen LogP contribution in [0.5, 0.6) is 17.2 Å². The number of nitrogens with zero attached hydrogens (tertiary/aromatic N) is 1. The molecule has 0 spiro atoms. The predicted molar refractivity (Wildman–Crippen MR) is 70.6 cm³/mol. The number of benzene rings is 1. The van der Waals surface area contributed by atoms with Crippen LogP contribution in [0.25, 0.3) is 0 Å². The molecule has 0 radical (unpaired) electrons. The molecule has 1 aliphatic rings. The van der Waals surface area contributed by atoms with Gasteiger partial charge in [0.25, 0.3) is 0 Å². The van der Waals surface area contributed by atoms with E-state index in [1.807, 2.05) is 0 Å². The van der Waals surface area contributed by atoms with Gasteiger partial charge >= 0.3 is 0 Å². The van der Waals surface area contributed by atoms with Crippen molar-refractivity contribution in [1.29, 1.82) is 5.26 Å². The predicted octanol–water partition coefficient (Wildman–Crippen LogP) is 1.73. The van der Waals surface area contributed by atoms with E-state index >= 15 is 0 Å². The normalized spacial score (nSPS) is 15.4. The van der Waals surface area contributed by atoms with Crippen LogP contribution in [0.4, 0.5) is 0 Å². The van der Waals surface area contributed by atoms with Gasteiger partial charge in [0.05, 0.1) is 20.3 Å². The van der Waals surface area contributed by atoms with Crippen molar-refractivity contribution >= 4 is 0 Å². The zero-order chi connectivity index (χ0) is 13.7. The highest BCUT2D eigenvalue weighted by atomic mass is 16.5. The number of nitrogens with one attached hydrogen (secondary N) is 1. The second-order valence-corrected chi connectivity index (χ2v) is 4.48. The van der Waals surface area contributed by atoms with Crippen molar-refractivity contribution < 1.29 is 14.2 Å². The maximum atomic E-state index is 9.04. The Hall–Kier alpha value is -1.93. The summed E-state index contributed by atoms with van der Waals surface area (Å²) < 4.78 is 16.0. The average Bonchev–Trinajstić information content (AvgIpc) is 3.26. The Balaban J connectivity index is 1.95. The summed E-state index contributed by atoms with van der Waals surface area (Å²) in [6.45, 7) is 0.309. The first-order valence-corrected chi connectivity index (χ1v) is 6.26. The van der Waals surface area contributed by atoms with Gasteiger partial charge in [-0.2, -0.15) is 5.26 Å². The Morgan fingerprint density at radius 2 is 1.79 bits per heavy atom. The summed E-state index contributed by atoms with van der Waals surface area (Å²) in [5.41, 5.74) is 0. The molecule has 1 aromatic rings. The van der Waals surface area contributed by atoms with Crippen LogP contribution in [-0.2, 0) is 0 Å². The van der Waals surface area contributed by atoms with Gasteiger partial charge in [-0.15, -0.1) is 0 Å².